The van der Waals surface area contributed by atoms with Crippen LogP contribution in [0.4, 0.5) is 0 Å². The van der Waals surface area contributed by atoms with Crippen molar-refractivity contribution in [2.24, 2.45) is 0 Å². The molecule has 0 saturated carbocycles. The van der Waals surface area contributed by atoms with E-state index in [1.807, 2.05) is 48.5 Å². The second-order valence-electron chi connectivity index (χ2n) is 5.63. The zero-order valence-electron chi connectivity index (χ0n) is 11.2. The Hall–Kier alpha value is -1.80. The summed E-state index contributed by atoms with van der Waals surface area (Å²) in [7, 11) is 6.36. The van der Waals surface area contributed by atoms with Crippen LogP contribution in [-0.4, -0.2) is 30.7 Å². The number of hydrogen-bond donors (Lipinski definition) is 1. The van der Waals surface area contributed by atoms with Gasteiger partial charge in [-0.3, -0.25) is 0 Å². The summed E-state index contributed by atoms with van der Waals surface area (Å²) < 4.78 is 0.797. The zero-order chi connectivity index (χ0) is 13.2. The third-order valence-corrected chi connectivity index (χ3v) is 2.85. The van der Waals surface area contributed by atoms with Crippen LogP contribution in [0.1, 0.15) is 5.56 Å². The maximum Gasteiger partial charge on any atom is 0.132 e. The first kappa shape index (κ1) is 12.7. The van der Waals surface area contributed by atoms with Crippen molar-refractivity contribution in [2.75, 3.05) is 21.1 Å². The van der Waals surface area contributed by atoms with Gasteiger partial charge in [0.1, 0.15) is 12.3 Å². The van der Waals surface area contributed by atoms with E-state index in [1.54, 1.807) is 0 Å². The van der Waals surface area contributed by atoms with Crippen LogP contribution in [-0.2, 0) is 6.54 Å². The van der Waals surface area contributed by atoms with Crippen molar-refractivity contribution < 1.29 is 9.59 Å². The van der Waals surface area contributed by atoms with E-state index in [0.29, 0.717) is 5.75 Å². The molecule has 1 N–H and O–H groups in total. The number of quaternary nitrogens is 1. The number of phenols is 1. The molecule has 0 atom stereocenters. The van der Waals surface area contributed by atoms with Gasteiger partial charge in [0, 0.05) is 11.1 Å². The average molecular weight is 242 g/mol. The molecule has 0 spiro atoms. The predicted octanol–water partition coefficient (Wildman–Crippen LogP) is 3.27. The van der Waals surface area contributed by atoms with Gasteiger partial charge in [0.2, 0.25) is 0 Å². The normalized spacial score (nSPS) is 11.5. The van der Waals surface area contributed by atoms with Gasteiger partial charge in [-0.05, 0) is 11.6 Å². The fraction of sp³-hybridized carbons (Fsp3) is 0.250. The van der Waals surface area contributed by atoms with Gasteiger partial charge in [-0.2, -0.15) is 0 Å². The molecule has 2 rings (SSSR count). The molecular weight excluding hydrogens is 222 g/mol. The highest BCUT2D eigenvalue weighted by atomic mass is 16.3. The largest absolute Gasteiger partial charge is 0.507 e. The van der Waals surface area contributed by atoms with Crippen molar-refractivity contribution in [3.63, 3.8) is 0 Å². The Morgan fingerprint density at radius 3 is 2.17 bits per heavy atom. The third-order valence-electron chi connectivity index (χ3n) is 2.85. The van der Waals surface area contributed by atoms with E-state index in [4.69, 9.17) is 0 Å². The molecule has 2 aromatic carbocycles. The quantitative estimate of drug-likeness (QED) is 0.819. The number of hydrogen-bond acceptors (Lipinski definition) is 1. The van der Waals surface area contributed by atoms with Gasteiger partial charge in [-0.25, -0.2) is 0 Å². The van der Waals surface area contributed by atoms with Crippen molar-refractivity contribution in [3.05, 3.63) is 54.1 Å². The number of phenolic OH excluding ortho intramolecular Hbond substituents is 1. The summed E-state index contributed by atoms with van der Waals surface area (Å²) >= 11 is 0. The first-order valence-corrected chi connectivity index (χ1v) is 6.14. The Kier molecular flexibility index (Phi) is 3.39. The number of aromatic hydroxyl groups is 1. The SMILES string of the molecule is C[N+](C)(C)Cc1cccc(-c2ccccc2)c1O. The Morgan fingerprint density at radius 2 is 1.56 bits per heavy atom. The zero-order valence-corrected chi connectivity index (χ0v) is 11.2. The van der Waals surface area contributed by atoms with Crippen LogP contribution in [0.15, 0.2) is 48.5 Å². The minimum absolute atomic E-state index is 0.400. The standard InChI is InChI=1S/C16H19NO/c1-17(2,3)12-14-10-7-11-15(16(14)18)13-8-5-4-6-9-13/h4-11H,12H2,1-3H3/p+1. The lowest BCUT2D eigenvalue weighted by molar-refractivity contribution is -0.884. The van der Waals surface area contributed by atoms with Crippen LogP contribution < -0.4 is 0 Å². The summed E-state index contributed by atoms with van der Waals surface area (Å²) in [6.45, 7) is 0.812. The molecule has 0 aliphatic heterocycles. The van der Waals surface area contributed by atoms with E-state index in [-0.39, 0.29) is 0 Å². The van der Waals surface area contributed by atoms with Gasteiger partial charge < -0.3 is 9.59 Å². The van der Waals surface area contributed by atoms with Crippen molar-refractivity contribution in [2.45, 2.75) is 6.54 Å². The van der Waals surface area contributed by atoms with Gasteiger partial charge in [0.15, 0.2) is 0 Å². The molecule has 0 amide bonds. The molecule has 0 aliphatic rings. The van der Waals surface area contributed by atoms with Crippen molar-refractivity contribution in [3.8, 4) is 16.9 Å². The molecule has 0 heterocycles. The Labute approximate surface area is 109 Å². The summed E-state index contributed by atoms with van der Waals surface area (Å²) in [6, 6.07) is 16.0. The highest BCUT2D eigenvalue weighted by Crippen LogP contribution is 2.32. The Morgan fingerprint density at radius 1 is 0.889 bits per heavy atom. The Bertz CT molecular complexity index is 527. The molecule has 2 heteroatoms. The molecule has 18 heavy (non-hydrogen) atoms. The minimum Gasteiger partial charge on any atom is -0.507 e. The van der Waals surface area contributed by atoms with Crippen LogP contribution in [0.3, 0.4) is 0 Å². The van der Waals surface area contributed by atoms with E-state index in [0.717, 1.165) is 27.7 Å². The third kappa shape index (κ3) is 2.90. The van der Waals surface area contributed by atoms with Crippen LogP contribution in [0.25, 0.3) is 11.1 Å². The molecule has 0 radical (unpaired) electrons. The number of nitrogens with zero attached hydrogens (tertiary/aromatic N) is 1. The maximum absolute atomic E-state index is 10.4. The Balaban J connectivity index is 2.43. The van der Waals surface area contributed by atoms with Gasteiger partial charge in [0.25, 0.3) is 0 Å². The van der Waals surface area contributed by atoms with Gasteiger partial charge in [0.05, 0.1) is 21.1 Å². The first-order chi connectivity index (χ1) is 8.47. The van der Waals surface area contributed by atoms with Gasteiger partial charge >= 0.3 is 0 Å². The fourth-order valence-electron chi connectivity index (χ4n) is 2.08. The van der Waals surface area contributed by atoms with Crippen molar-refractivity contribution in [1.82, 2.24) is 0 Å². The molecule has 0 aliphatic carbocycles. The predicted molar refractivity (Wildman–Crippen MR) is 75.3 cm³/mol. The summed E-state index contributed by atoms with van der Waals surface area (Å²) in [5, 5.41) is 10.4. The van der Waals surface area contributed by atoms with Crippen LogP contribution in [0.5, 0.6) is 5.75 Å². The number of para-hydroxylation sites is 1. The van der Waals surface area contributed by atoms with E-state index in [2.05, 4.69) is 21.1 Å². The molecule has 0 fully saturated rings. The van der Waals surface area contributed by atoms with Crippen molar-refractivity contribution >= 4 is 0 Å². The second-order valence-corrected chi connectivity index (χ2v) is 5.63. The fourth-order valence-corrected chi connectivity index (χ4v) is 2.08. The molecule has 0 unspecified atom stereocenters. The number of benzene rings is 2. The lowest BCUT2D eigenvalue weighted by Gasteiger charge is -2.24. The van der Waals surface area contributed by atoms with Crippen LogP contribution >= 0.6 is 0 Å². The number of rotatable bonds is 3. The molecule has 0 aromatic heterocycles. The van der Waals surface area contributed by atoms with Crippen LogP contribution in [0, 0.1) is 0 Å². The van der Waals surface area contributed by atoms with E-state index >= 15 is 0 Å². The smallest absolute Gasteiger partial charge is 0.132 e. The monoisotopic (exact) mass is 242 g/mol. The first-order valence-electron chi connectivity index (χ1n) is 6.14. The molecule has 0 saturated heterocycles. The molecule has 0 bridgehead atoms. The lowest BCUT2D eigenvalue weighted by atomic mass is 10.0. The van der Waals surface area contributed by atoms with Gasteiger partial charge in [-0.15, -0.1) is 0 Å². The minimum atomic E-state index is 0.400. The van der Waals surface area contributed by atoms with E-state index in [1.165, 1.54) is 0 Å². The summed E-state index contributed by atoms with van der Waals surface area (Å²) in [5.74, 6) is 0.400. The maximum atomic E-state index is 10.4. The highest BCUT2D eigenvalue weighted by molar-refractivity contribution is 5.71. The summed E-state index contributed by atoms with van der Waals surface area (Å²) in [5.41, 5.74) is 2.95. The van der Waals surface area contributed by atoms with E-state index < -0.39 is 0 Å². The average Bonchev–Trinajstić information content (AvgIpc) is 2.31. The van der Waals surface area contributed by atoms with Crippen molar-refractivity contribution in [1.29, 1.82) is 0 Å². The van der Waals surface area contributed by atoms with Gasteiger partial charge in [-0.1, -0.05) is 42.5 Å². The summed E-state index contributed by atoms with van der Waals surface area (Å²) in [6.07, 6.45) is 0. The highest BCUT2D eigenvalue weighted by Gasteiger charge is 2.15. The lowest BCUT2D eigenvalue weighted by Crippen LogP contribution is -2.33. The second kappa shape index (κ2) is 4.83. The van der Waals surface area contributed by atoms with E-state index in [9.17, 15) is 5.11 Å². The van der Waals surface area contributed by atoms with Crippen LogP contribution in [0.2, 0.25) is 0 Å². The molecule has 2 nitrogen and oxygen atoms in total. The molecule has 94 valence electrons. The summed E-state index contributed by atoms with van der Waals surface area (Å²) in [4.78, 5) is 0. The topological polar surface area (TPSA) is 20.2 Å². The molecule has 2 aromatic rings. The molecular formula is C16H20NO+.